The van der Waals surface area contributed by atoms with Crippen LogP contribution in [0.25, 0.3) is 0 Å². The first-order chi connectivity index (χ1) is 2.00. The van der Waals surface area contributed by atoms with Crippen molar-refractivity contribution in [3.63, 3.8) is 0 Å². The van der Waals surface area contributed by atoms with Gasteiger partial charge in [-0.3, -0.25) is 0 Å². The quantitative estimate of drug-likeness (QED) is 0.440. The molecular formula is H3BrO3P+. The van der Waals surface area contributed by atoms with Gasteiger partial charge in [0, 0.05) is 0 Å². The molecule has 0 spiro atoms. The molecule has 3 nitrogen and oxygen atoms in total. The van der Waals surface area contributed by atoms with Crippen molar-refractivity contribution in [2.24, 2.45) is 0 Å². The van der Waals surface area contributed by atoms with E-state index >= 15 is 0 Å². The Morgan fingerprint density at radius 1 is 1.20 bits per heavy atom. The molecule has 0 fully saturated rings. The van der Waals surface area contributed by atoms with Gasteiger partial charge >= 0.3 is 6.65 Å². The molecule has 3 N–H and O–H groups in total. The Hall–Kier alpha value is 0.790. The third kappa shape index (κ3) is 59.7. The topological polar surface area (TPSA) is 60.7 Å². The Morgan fingerprint density at radius 2 is 1.20 bits per heavy atom. The Morgan fingerprint density at radius 3 is 1.20 bits per heavy atom. The molecule has 0 aliphatic heterocycles. The molecule has 0 radical (unpaired) electrons. The Balaban J connectivity index is 3.02. The highest BCUT2D eigenvalue weighted by Crippen LogP contribution is 2.52. The fourth-order valence-corrected chi connectivity index (χ4v) is 0. The molecule has 5 heteroatoms. The summed E-state index contributed by atoms with van der Waals surface area (Å²) in [5.41, 5.74) is 0. The van der Waals surface area contributed by atoms with Crippen LogP contribution in [0.2, 0.25) is 0 Å². The van der Waals surface area contributed by atoms with Crippen molar-refractivity contribution >= 4 is 22.1 Å². The van der Waals surface area contributed by atoms with Crippen molar-refractivity contribution < 1.29 is 14.7 Å². The maximum atomic E-state index is 7.66. The lowest BCUT2D eigenvalue weighted by Crippen LogP contribution is -1.68. The van der Waals surface area contributed by atoms with Crippen LogP contribution in [0.5, 0.6) is 0 Å². The van der Waals surface area contributed by atoms with E-state index in [4.69, 9.17) is 14.7 Å². The van der Waals surface area contributed by atoms with Gasteiger partial charge in [0.2, 0.25) is 15.5 Å². The second-order valence-electron chi connectivity index (χ2n) is 0.495. The molecule has 0 atom stereocenters. The first kappa shape index (κ1) is 5.79. The second-order valence-corrected chi connectivity index (χ2v) is 4.34. The van der Waals surface area contributed by atoms with Crippen molar-refractivity contribution in [1.82, 2.24) is 0 Å². The van der Waals surface area contributed by atoms with Crippen molar-refractivity contribution in [1.29, 1.82) is 0 Å². The SMILES string of the molecule is O[P+](O)(O)Br. The lowest BCUT2D eigenvalue weighted by atomic mass is 15.8. The van der Waals surface area contributed by atoms with E-state index in [-0.39, 0.29) is 0 Å². The summed E-state index contributed by atoms with van der Waals surface area (Å²) in [5, 5.41) is 0. The van der Waals surface area contributed by atoms with E-state index in [1.165, 1.54) is 0 Å². The predicted molar refractivity (Wildman–Crippen MR) is 22.5 cm³/mol. The van der Waals surface area contributed by atoms with Crippen molar-refractivity contribution in [2.45, 2.75) is 0 Å². The number of rotatable bonds is 0. The molecule has 0 bridgehead atoms. The first-order valence-electron chi connectivity index (χ1n) is 0.769. The lowest BCUT2D eigenvalue weighted by Gasteiger charge is -1.83. The van der Waals surface area contributed by atoms with E-state index in [2.05, 4.69) is 15.5 Å². The van der Waals surface area contributed by atoms with Gasteiger partial charge in [0.25, 0.3) is 0 Å². The summed E-state index contributed by atoms with van der Waals surface area (Å²) in [4.78, 5) is 23.0. The molecule has 0 heterocycles. The molecule has 0 aromatic heterocycles. The lowest BCUT2D eigenvalue weighted by molar-refractivity contribution is 0.360. The fourth-order valence-electron chi connectivity index (χ4n) is 0. The molecule has 0 aromatic carbocycles. The van der Waals surface area contributed by atoms with E-state index in [1.54, 1.807) is 0 Å². The zero-order valence-corrected chi connectivity index (χ0v) is 4.65. The standard InChI is InChI=1S/BrH3O3P/c1-5(2,3)4/h2-4H/q+1. The second kappa shape index (κ2) is 1.49. The van der Waals surface area contributed by atoms with Gasteiger partial charge < -0.3 is 0 Å². The van der Waals surface area contributed by atoms with E-state index in [0.29, 0.717) is 0 Å². The molecule has 0 aliphatic carbocycles. The van der Waals surface area contributed by atoms with Gasteiger partial charge in [-0.15, -0.1) is 0 Å². The zero-order valence-electron chi connectivity index (χ0n) is 2.17. The minimum absolute atomic E-state index is 2.15. The molecule has 5 heavy (non-hydrogen) atoms. The first-order valence-corrected chi connectivity index (χ1v) is 4.43. The van der Waals surface area contributed by atoms with Gasteiger partial charge in [-0.05, 0) is 0 Å². The Bertz CT molecular complexity index is 22.4. The predicted octanol–water partition coefficient (Wildman–Crippen LogP) is 0.0358. The van der Waals surface area contributed by atoms with Crippen LogP contribution in [-0.4, -0.2) is 14.7 Å². The molecule has 0 aromatic rings. The Labute approximate surface area is 37.6 Å². The van der Waals surface area contributed by atoms with E-state index in [1.807, 2.05) is 0 Å². The summed E-state index contributed by atoms with van der Waals surface area (Å²) in [6, 6.07) is 0. The zero-order chi connectivity index (χ0) is 4.50. The summed E-state index contributed by atoms with van der Waals surface area (Å²) in [5.74, 6) is 0. The van der Waals surface area contributed by atoms with Crippen LogP contribution in [0.3, 0.4) is 0 Å². The molecule has 0 saturated carbocycles. The van der Waals surface area contributed by atoms with Gasteiger partial charge in [0.15, 0.2) is 0 Å². The third-order valence-electron chi connectivity index (χ3n) is 0. The molecular weight excluding hydrogens is 159 g/mol. The van der Waals surface area contributed by atoms with Crippen LogP contribution in [0.15, 0.2) is 0 Å². The molecule has 0 rings (SSSR count). The minimum Gasteiger partial charge on any atom is -0.184 e. The van der Waals surface area contributed by atoms with Crippen LogP contribution in [0.4, 0.5) is 0 Å². The van der Waals surface area contributed by atoms with Gasteiger partial charge in [-0.1, -0.05) is 0 Å². The summed E-state index contributed by atoms with van der Waals surface area (Å²) < 4.78 is 0. The molecule has 0 saturated heterocycles. The summed E-state index contributed by atoms with van der Waals surface area (Å²) in [7, 11) is 0. The highest BCUT2D eigenvalue weighted by atomic mass is 79.9. The van der Waals surface area contributed by atoms with Crippen molar-refractivity contribution in [2.75, 3.05) is 0 Å². The summed E-state index contributed by atoms with van der Waals surface area (Å²) >= 11 is 2.15. The molecule has 32 valence electrons. The van der Waals surface area contributed by atoms with Gasteiger partial charge in [-0.2, -0.15) is 14.7 Å². The molecule has 0 aliphatic rings. The van der Waals surface area contributed by atoms with Crippen LogP contribution in [0, 0.1) is 0 Å². The smallest absolute Gasteiger partial charge is 0.184 e. The van der Waals surface area contributed by atoms with E-state index in [9.17, 15) is 0 Å². The van der Waals surface area contributed by atoms with Gasteiger partial charge in [0.05, 0.1) is 0 Å². The van der Waals surface area contributed by atoms with Crippen LogP contribution >= 0.6 is 22.1 Å². The summed E-state index contributed by atoms with van der Waals surface area (Å²) in [6.45, 7) is -3.58. The van der Waals surface area contributed by atoms with Crippen molar-refractivity contribution in [3.8, 4) is 0 Å². The highest BCUT2D eigenvalue weighted by Gasteiger charge is 2.23. The third-order valence-corrected chi connectivity index (χ3v) is 0. The number of hydrogen-bond donors (Lipinski definition) is 3. The van der Waals surface area contributed by atoms with E-state index in [0.717, 1.165) is 0 Å². The maximum Gasteiger partial charge on any atom is 0.480 e. The number of halogens is 1. The van der Waals surface area contributed by atoms with Crippen LogP contribution in [0.1, 0.15) is 0 Å². The summed E-state index contributed by atoms with van der Waals surface area (Å²) in [6.07, 6.45) is 0. The van der Waals surface area contributed by atoms with Crippen molar-refractivity contribution in [3.05, 3.63) is 0 Å². The average Bonchev–Trinajstić information content (AvgIpc) is 0.722. The minimum atomic E-state index is -3.58. The van der Waals surface area contributed by atoms with E-state index < -0.39 is 6.65 Å². The largest absolute Gasteiger partial charge is 0.480 e. The molecule has 0 unspecified atom stereocenters. The normalized spacial score (nSPS) is 12.0. The van der Waals surface area contributed by atoms with Crippen LogP contribution in [-0.2, 0) is 0 Å². The monoisotopic (exact) mass is 161 g/mol. The maximum absolute atomic E-state index is 7.66. The van der Waals surface area contributed by atoms with Gasteiger partial charge in [0.1, 0.15) is 0 Å². The number of hydrogen-bond acceptors (Lipinski definition) is 3. The highest BCUT2D eigenvalue weighted by molar-refractivity contribution is 9.40. The molecule has 0 amide bonds. The average molecular weight is 162 g/mol. The fraction of sp³-hybridized carbons (Fsp3) is 0. The van der Waals surface area contributed by atoms with Crippen LogP contribution < -0.4 is 0 Å². The Kier molecular flexibility index (Phi) is 1.73. The van der Waals surface area contributed by atoms with Gasteiger partial charge in [-0.25, -0.2) is 0 Å².